The van der Waals surface area contributed by atoms with Gasteiger partial charge in [-0.05, 0) is 48.9 Å². The number of carbonyl (C=O) groups is 2. The topological polar surface area (TPSA) is 74.0 Å². The zero-order valence-electron chi connectivity index (χ0n) is 19.1. The van der Waals surface area contributed by atoms with Crippen molar-refractivity contribution in [1.29, 1.82) is 0 Å². The number of ketones is 1. The normalized spacial score (nSPS) is 15.9. The van der Waals surface area contributed by atoms with Gasteiger partial charge in [-0.3, -0.25) is 14.5 Å². The molecule has 3 aromatic carbocycles. The third kappa shape index (κ3) is 3.53. The number of carbonyl (C=O) groups excluding carboxylic acids is 2. The Morgan fingerprint density at radius 3 is 2.29 bits per heavy atom. The number of amides is 1. The van der Waals surface area contributed by atoms with E-state index in [9.17, 15) is 14.7 Å². The predicted molar refractivity (Wildman–Crippen MR) is 132 cm³/mol. The predicted octanol–water partition coefficient (Wildman–Crippen LogP) is 5.59. The van der Waals surface area contributed by atoms with E-state index >= 15 is 0 Å². The van der Waals surface area contributed by atoms with Crippen LogP contribution in [0.5, 0.6) is 0 Å². The summed E-state index contributed by atoms with van der Waals surface area (Å²) in [5.74, 6) is -1.62. The van der Waals surface area contributed by atoms with Crippen molar-refractivity contribution >= 4 is 34.0 Å². The molecule has 1 aromatic heterocycles. The van der Waals surface area contributed by atoms with Crippen LogP contribution in [0, 0.1) is 6.92 Å². The van der Waals surface area contributed by atoms with Crippen molar-refractivity contribution in [3.05, 3.63) is 107 Å². The van der Waals surface area contributed by atoms with E-state index in [4.69, 9.17) is 4.42 Å². The maximum absolute atomic E-state index is 13.7. The summed E-state index contributed by atoms with van der Waals surface area (Å²) in [5, 5.41) is 11.7. The minimum absolute atomic E-state index is 0.00207. The van der Waals surface area contributed by atoms with E-state index in [1.165, 1.54) is 4.90 Å². The fourth-order valence-electron chi connectivity index (χ4n) is 4.31. The number of aliphatic hydroxyl groups is 1. The molecule has 4 aromatic rings. The Morgan fingerprint density at radius 2 is 1.65 bits per heavy atom. The third-order valence-electron chi connectivity index (χ3n) is 6.14. The Labute approximate surface area is 197 Å². The first-order chi connectivity index (χ1) is 16.3. The van der Waals surface area contributed by atoms with Crippen LogP contribution in [0.15, 0.2) is 94.6 Å². The molecule has 1 aliphatic rings. The second-order valence-corrected chi connectivity index (χ2v) is 8.64. The molecule has 6 nitrogen and oxygen atoms in total. The maximum atomic E-state index is 13.7. The smallest absolute Gasteiger partial charge is 0.294 e. The summed E-state index contributed by atoms with van der Waals surface area (Å²) in [6.07, 6.45) is 0. The molecule has 5 rings (SSSR count). The molecular formula is C28H24N2O4. The van der Waals surface area contributed by atoms with Crippen LogP contribution < -0.4 is 9.80 Å². The largest absolute Gasteiger partial charge is 0.503 e. The molecule has 0 bridgehead atoms. The van der Waals surface area contributed by atoms with Gasteiger partial charge in [-0.15, -0.1) is 0 Å². The lowest BCUT2D eigenvalue weighted by Crippen LogP contribution is -2.31. The number of benzene rings is 3. The standard InChI is InChI=1S/C28H24N2O4/c1-17-8-12-21(13-9-17)30-25(18-10-14-20(15-11-18)29(2)3)24(27(32)28(30)33)26(31)23-16-19-6-4-5-7-22(19)34-23/h4-16,25,32H,1-3H3. The number of aliphatic hydroxyl groups excluding tert-OH is 1. The van der Waals surface area contributed by atoms with E-state index in [0.717, 1.165) is 16.6 Å². The van der Waals surface area contributed by atoms with Crippen molar-refractivity contribution in [3.63, 3.8) is 0 Å². The van der Waals surface area contributed by atoms with Crippen molar-refractivity contribution < 1.29 is 19.1 Å². The molecule has 2 heterocycles. The molecule has 170 valence electrons. The van der Waals surface area contributed by atoms with E-state index in [2.05, 4.69) is 0 Å². The highest BCUT2D eigenvalue weighted by Gasteiger charge is 2.45. The number of furan rings is 1. The molecule has 34 heavy (non-hydrogen) atoms. The van der Waals surface area contributed by atoms with Crippen molar-refractivity contribution in [1.82, 2.24) is 0 Å². The van der Waals surface area contributed by atoms with Gasteiger partial charge in [0.2, 0.25) is 5.78 Å². The van der Waals surface area contributed by atoms with Crippen LogP contribution in [0.3, 0.4) is 0 Å². The van der Waals surface area contributed by atoms with Crippen molar-refractivity contribution in [2.75, 3.05) is 23.9 Å². The highest BCUT2D eigenvalue weighted by Crippen LogP contribution is 2.42. The molecular weight excluding hydrogens is 428 g/mol. The number of aryl methyl sites for hydroxylation is 1. The Bertz CT molecular complexity index is 1400. The molecule has 1 amide bonds. The van der Waals surface area contributed by atoms with E-state index in [1.807, 2.05) is 92.6 Å². The molecule has 0 saturated heterocycles. The fraction of sp³-hybridized carbons (Fsp3) is 0.143. The lowest BCUT2D eigenvalue weighted by Gasteiger charge is -2.27. The van der Waals surface area contributed by atoms with Gasteiger partial charge in [-0.25, -0.2) is 0 Å². The van der Waals surface area contributed by atoms with Crippen LogP contribution in [0.25, 0.3) is 11.0 Å². The van der Waals surface area contributed by atoms with Crippen LogP contribution in [-0.4, -0.2) is 30.9 Å². The Morgan fingerprint density at radius 1 is 0.971 bits per heavy atom. The van der Waals surface area contributed by atoms with E-state index < -0.39 is 23.5 Å². The second-order valence-electron chi connectivity index (χ2n) is 8.64. The summed E-state index contributed by atoms with van der Waals surface area (Å²) in [6.45, 7) is 1.96. The molecule has 1 unspecified atom stereocenters. The van der Waals surface area contributed by atoms with Gasteiger partial charge in [0, 0.05) is 30.9 Å². The summed E-state index contributed by atoms with van der Waals surface area (Å²) >= 11 is 0. The quantitative estimate of drug-likeness (QED) is 0.400. The van der Waals surface area contributed by atoms with Crippen LogP contribution >= 0.6 is 0 Å². The summed E-state index contributed by atoms with van der Waals surface area (Å²) < 4.78 is 5.79. The highest BCUT2D eigenvalue weighted by atomic mass is 16.3. The van der Waals surface area contributed by atoms with Gasteiger partial charge >= 0.3 is 0 Å². The lowest BCUT2D eigenvalue weighted by molar-refractivity contribution is -0.117. The van der Waals surface area contributed by atoms with Gasteiger partial charge in [-0.1, -0.05) is 48.0 Å². The monoisotopic (exact) mass is 452 g/mol. The van der Waals surface area contributed by atoms with Gasteiger partial charge in [-0.2, -0.15) is 0 Å². The molecule has 0 fully saturated rings. The molecule has 1 aliphatic heterocycles. The van der Waals surface area contributed by atoms with Crippen molar-refractivity contribution in [2.45, 2.75) is 13.0 Å². The number of anilines is 2. The van der Waals surface area contributed by atoms with Gasteiger partial charge < -0.3 is 14.4 Å². The average molecular weight is 453 g/mol. The molecule has 6 heteroatoms. The Kier molecular flexibility index (Phi) is 5.21. The summed E-state index contributed by atoms with van der Waals surface area (Å²) in [4.78, 5) is 30.4. The van der Waals surface area contributed by atoms with Gasteiger partial charge in [0.15, 0.2) is 11.5 Å². The first-order valence-electron chi connectivity index (χ1n) is 11.0. The number of hydrogen-bond donors (Lipinski definition) is 1. The number of fused-ring (bicyclic) bond motifs is 1. The SMILES string of the molecule is Cc1ccc(N2C(=O)C(O)=C(C(=O)c3cc4ccccc4o3)C2c2ccc(N(C)C)cc2)cc1. The minimum atomic E-state index is -0.799. The Balaban J connectivity index is 1.65. The Hall–Kier alpha value is -4.32. The average Bonchev–Trinajstić information content (AvgIpc) is 3.39. The van der Waals surface area contributed by atoms with E-state index in [0.29, 0.717) is 16.8 Å². The molecule has 1 N–H and O–H groups in total. The van der Waals surface area contributed by atoms with Crippen LogP contribution in [0.1, 0.15) is 27.7 Å². The molecule has 0 aliphatic carbocycles. The summed E-state index contributed by atoms with van der Waals surface area (Å²) in [6, 6.07) is 23.2. The number of hydrogen-bond acceptors (Lipinski definition) is 5. The first-order valence-corrected chi connectivity index (χ1v) is 11.0. The number of Topliss-reactive ketones (excluding diaryl/α,β-unsaturated/α-hetero) is 1. The van der Waals surface area contributed by atoms with E-state index in [-0.39, 0.29) is 11.3 Å². The van der Waals surface area contributed by atoms with Crippen LogP contribution in [0.2, 0.25) is 0 Å². The lowest BCUT2D eigenvalue weighted by atomic mass is 9.94. The van der Waals surface area contributed by atoms with Gasteiger partial charge in [0.25, 0.3) is 5.91 Å². The minimum Gasteiger partial charge on any atom is -0.503 e. The third-order valence-corrected chi connectivity index (χ3v) is 6.14. The number of nitrogens with zero attached hydrogens (tertiary/aromatic N) is 2. The number of para-hydroxylation sites is 1. The second kappa shape index (κ2) is 8.23. The molecule has 0 spiro atoms. The van der Waals surface area contributed by atoms with Gasteiger partial charge in [0.1, 0.15) is 5.58 Å². The van der Waals surface area contributed by atoms with E-state index in [1.54, 1.807) is 12.1 Å². The molecule has 0 radical (unpaired) electrons. The molecule has 0 saturated carbocycles. The van der Waals surface area contributed by atoms with Gasteiger partial charge in [0.05, 0.1) is 11.6 Å². The summed E-state index contributed by atoms with van der Waals surface area (Å²) in [7, 11) is 3.88. The number of rotatable bonds is 5. The highest BCUT2D eigenvalue weighted by molar-refractivity contribution is 6.20. The summed E-state index contributed by atoms with van der Waals surface area (Å²) in [5.41, 5.74) is 3.89. The van der Waals surface area contributed by atoms with Crippen LogP contribution in [0.4, 0.5) is 11.4 Å². The molecule has 1 atom stereocenters. The maximum Gasteiger partial charge on any atom is 0.294 e. The van der Waals surface area contributed by atoms with Crippen molar-refractivity contribution in [2.24, 2.45) is 0 Å². The zero-order chi connectivity index (χ0) is 24.0. The van der Waals surface area contributed by atoms with Crippen molar-refractivity contribution in [3.8, 4) is 0 Å². The van der Waals surface area contributed by atoms with Crippen LogP contribution in [-0.2, 0) is 4.79 Å². The first kappa shape index (κ1) is 21.5. The zero-order valence-corrected chi connectivity index (χ0v) is 19.1. The fourth-order valence-corrected chi connectivity index (χ4v) is 4.31.